The van der Waals surface area contributed by atoms with Crippen molar-refractivity contribution in [2.75, 3.05) is 6.61 Å². The van der Waals surface area contributed by atoms with Gasteiger partial charge in [0.1, 0.15) is 22.8 Å². The molecule has 1 aliphatic rings. The van der Waals surface area contributed by atoms with E-state index in [4.69, 9.17) is 14.3 Å². The summed E-state index contributed by atoms with van der Waals surface area (Å²) in [5.74, 6) is 0.279. The largest absolute Gasteiger partial charge is 0.493 e. The summed E-state index contributed by atoms with van der Waals surface area (Å²) < 4.78 is 10.7. The number of hydrogen-bond acceptors (Lipinski definition) is 4. The molecule has 0 aliphatic carbocycles. The maximum Gasteiger partial charge on any atom is 0.339 e. The molecule has 22 heavy (non-hydrogen) atoms. The molecule has 0 bridgehead atoms. The van der Waals surface area contributed by atoms with E-state index in [-0.39, 0.29) is 18.0 Å². The number of benzene rings is 1. The summed E-state index contributed by atoms with van der Waals surface area (Å²) in [4.78, 5) is 23.1. The molecule has 0 spiro atoms. The molecule has 6 nitrogen and oxygen atoms in total. The van der Waals surface area contributed by atoms with Gasteiger partial charge >= 0.3 is 5.97 Å². The van der Waals surface area contributed by atoms with Gasteiger partial charge in [-0.15, -0.1) is 0 Å². The second-order valence-electron chi connectivity index (χ2n) is 5.09. The fourth-order valence-corrected chi connectivity index (χ4v) is 2.44. The normalized spacial score (nSPS) is 12.6. The molecule has 6 heteroatoms. The number of carbonyl (C=O) groups excluding carboxylic acids is 1. The van der Waals surface area contributed by atoms with Crippen LogP contribution in [0.25, 0.3) is 0 Å². The minimum Gasteiger partial charge on any atom is -0.493 e. The van der Waals surface area contributed by atoms with E-state index in [0.717, 1.165) is 17.7 Å². The van der Waals surface area contributed by atoms with Crippen LogP contribution in [-0.2, 0) is 13.0 Å². The Kier molecular flexibility index (Phi) is 3.58. The molecule has 0 atom stereocenters. The van der Waals surface area contributed by atoms with Crippen LogP contribution >= 0.6 is 0 Å². The van der Waals surface area contributed by atoms with Crippen LogP contribution in [0.3, 0.4) is 0 Å². The van der Waals surface area contributed by atoms with Gasteiger partial charge in [0.25, 0.3) is 5.91 Å². The molecule has 2 aromatic rings. The lowest BCUT2D eigenvalue weighted by molar-refractivity contribution is 0.0694. The van der Waals surface area contributed by atoms with E-state index in [1.165, 1.54) is 6.07 Å². The number of carboxylic acids is 1. The van der Waals surface area contributed by atoms with Gasteiger partial charge in [-0.25, -0.2) is 4.79 Å². The Morgan fingerprint density at radius 3 is 2.86 bits per heavy atom. The van der Waals surface area contributed by atoms with E-state index in [2.05, 4.69) is 5.32 Å². The van der Waals surface area contributed by atoms with E-state index < -0.39 is 5.97 Å². The standard InChI is InChI=1S/C16H15NO5/c1-9-13(16(19)20)7-12(22-9)8-17-15(18)11-2-3-14-10(6-11)4-5-21-14/h2-3,6-7H,4-5,8H2,1H3,(H,17,18)(H,19,20). The molecular formula is C16H15NO5. The highest BCUT2D eigenvalue weighted by atomic mass is 16.5. The molecular weight excluding hydrogens is 286 g/mol. The number of aryl methyl sites for hydroxylation is 1. The summed E-state index contributed by atoms with van der Waals surface area (Å²) in [6, 6.07) is 6.73. The molecule has 0 fully saturated rings. The number of amides is 1. The number of nitrogens with one attached hydrogen (secondary N) is 1. The highest BCUT2D eigenvalue weighted by Crippen LogP contribution is 2.25. The first-order chi connectivity index (χ1) is 10.5. The van der Waals surface area contributed by atoms with Gasteiger partial charge in [0, 0.05) is 12.0 Å². The summed E-state index contributed by atoms with van der Waals surface area (Å²) >= 11 is 0. The van der Waals surface area contributed by atoms with Crippen molar-refractivity contribution in [1.82, 2.24) is 5.32 Å². The average Bonchev–Trinajstić information content (AvgIpc) is 3.09. The van der Waals surface area contributed by atoms with Crippen molar-refractivity contribution in [2.24, 2.45) is 0 Å². The molecule has 0 saturated carbocycles. The third-order valence-corrected chi connectivity index (χ3v) is 3.57. The van der Waals surface area contributed by atoms with Gasteiger partial charge in [-0.2, -0.15) is 0 Å². The zero-order valence-corrected chi connectivity index (χ0v) is 12.0. The highest BCUT2D eigenvalue weighted by Gasteiger charge is 2.16. The van der Waals surface area contributed by atoms with E-state index in [9.17, 15) is 9.59 Å². The number of hydrogen-bond donors (Lipinski definition) is 2. The SMILES string of the molecule is Cc1oc(CNC(=O)c2ccc3c(c2)CCO3)cc1C(=O)O. The Morgan fingerprint density at radius 2 is 2.14 bits per heavy atom. The molecule has 0 radical (unpaired) electrons. The van der Waals surface area contributed by atoms with Crippen LogP contribution < -0.4 is 10.1 Å². The number of fused-ring (bicyclic) bond motifs is 1. The minimum absolute atomic E-state index is 0.110. The predicted octanol–water partition coefficient (Wildman–Crippen LogP) is 2.15. The molecule has 3 rings (SSSR count). The Balaban J connectivity index is 1.67. The van der Waals surface area contributed by atoms with E-state index >= 15 is 0 Å². The molecule has 2 N–H and O–H groups in total. The van der Waals surface area contributed by atoms with E-state index in [1.54, 1.807) is 19.1 Å². The van der Waals surface area contributed by atoms with Crippen molar-refractivity contribution in [3.8, 4) is 5.75 Å². The molecule has 114 valence electrons. The lowest BCUT2D eigenvalue weighted by atomic mass is 10.1. The molecule has 0 saturated heterocycles. The summed E-state index contributed by atoms with van der Waals surface area (Å²) in [5, 5.41) is 11.7. The zero-order valence-electron chi connectivity index (χ0n) is 12.0. The third kappa shape index (κ3) is 2.67. The number of aromatic carboxylic acids is 1. The minimum atomic E-state index is -1.04. The third-order valence-electron chi connectivity index (χ3n) is 3.57. The quantitative estimate of drug-likeness (QED) is 0.903. The van der Waals surface area contributed by atoms with Crippen LogP contribution in [-0.4, -0.2) is 23.6 Å². The molecule has 2 heterocycles. The first kappa shape index (κ1) is 14.2. The van der Waals surface area contributed by atoms with E-state index in [0.29, 0.717) is 23.7 Å². The smallest absolute Gasteiger partial charge is 0.339 e. The Hall–Kier alpha value is -2.76. The molecule has 1 aromatic heterocycles. The first-order valence-corrected chi connectivity index (χ1v) is 6.91. The van der Waals surface area contributed by atoms with E-state index in [1.807, 2.05) is 6.07 Å². The maximum absolute atomic E-state index is 12.1. The Morgan fingerprint density at radius 1 is 1.32 bits per heavy atom. The molecule has 0 unspecified atom stereocenters. The van der Waals surface area contributed by atoms with Gasteiger partial charge < -0.3 is 19.6 Å². The van der Waals surface area contributed by atoms with Crippen molar-refractivity contribution >= 4 is 11.9 Å². The Labute approximate surface area is 126 Å². The molecule has 1 aliphatic heterocycles. The first-order valence-electron chi connectivity index (χ1n) is 6.91. The van der Waals surface area contributed by atoms with Crippen molar-refractivity contribution in [3.05, 3.63) is 52.5 Å². The second kappa shape index (κ2) is 5.55. The van der Waals surface area contributed by atoms with Gasteiger partial charge in [-0.1, -0.05) is 0 Å². The zero-order chi connectivity index (χ0) is 15.7. The predicted molar refractivity (Wildman–Crippen MR) is 77.2 cm³/mol. The fraction of sp³-hybridized carbons (Fsp3) is 0.250. The number of rotatable bonds is 4. The lowest BCUT2D eigenvalue weighted by Gasteiger charge is -2.05. The van der Waals surface area contributed by atoms with Gasteiger partial charge in [-0.3, -0.25) is 4.79 Å². The molecule has 1 amide bonds. The average molecular weight is 301 g/mol. The van der Waals surface area contributed by atoms with Crippen molar-refractivity contribution in [3.63, 3.8) is 0 Å². The van der Waals surface area contributed by atoms with Crippen LogP contribution in [0.5, 0.6) is 5.75 Å². The van der Waals surface area contributed by atoms with Gasteiger partial charge in [0.15, 0.2) is 0 Å². The van der Waals surface area contributed by atoms with Gasteiger partial charge in [0.2, 0.25) is 0 Å². The number of carbonyl (C=O) groups is 2. The topological polar surface area (TPSA) is 88.8 Å². The number of ether oxygens (including phenoxy) is 1. The van der Waals surface area contributed by atoms with Crippen LogP contribution in [0.1, 0.15) is 37.8 Å². The second-order valence-corrected chi connectivity index (χ2v) is 5.09. The van der Waals surface area contributed by atoms with Gasteiger partial charge in [0.05, 0.1) is 13.2 Å². The molecule has 1 aromatic carbocycles. The van der Waals surface area contributed by atoms with Crippen LogP contribution in [0, 0.1) is 6.92 Å². The number of carboxylic acid groups (broad SMARTS) is 1. The van der Waals surface area contributed by atoms with Crippen LogP contribution in [0.15, 0.2) is 28.7 Å². The lowest BCUT2D eigenvalue weighted by Crippen LogP contribution is -2.22. The van der Waals surface area contributed by atoms with Crippen molar-refractivity contribution < 1.29 is 23.8 Å². The van der Waals surface area contributed by atoms with Crippen molar-refractivity contribution in [1.29, 1.82) is 0 Å². The Bertz CT molecular complexity index is 747. The number of furan rings is 1. The van der Waals surface area contributed by atoms with Gasteiger partial charge in [-0.05, 0) is 36.8 Å². The highest BCUT2D eigenvalue weighted by molar-refractivity contribution is 5.94. The van der Waals surface area contributed by atoms with Crippen LogP contribution in [0.4, 0.5) is 0 Å². The summed E-state index contributed by atoms with van der Waals surface area (Å²) in [7, 11) is 0. The van der Waals surface area contributed by atoms with Crippen LogP contribution in [0.2, 0.25) is 0 Å². The fourth-order valence-electron chi connectivity index (χ4n) is 2.44. The maximum atomic E-state index is 12.1. The monoisotopic (exact) mass is 301 g/mol. The summed E-state index contributed by atoms with van der Waals surface area (Å²) in [6.07, 6.45) is 0.801. The van der Waals surface area contributed by atoms with Crippen molar-refractivity contribution in [2.45, 2.75) is 19.9 Å². The summed E-state index contributed by atoms with van der Waals surface area (Å²) in [6.45, 7) is 2.36. The summed E-state index contributed by atoms with van der Waals surface area (Å²) in [5.41, 5.74) is 1.68.